The number of fused-ring (bicyclic) bond motifs is 1. The summed E-state index contributed by atoms with van der Waals surface area (Å²) in [7, 11) is 4.20. The molecule has 1 aromatic carbocycles. The van der Waals surface area contributed by atoms with Crippen LogP contribution in [0.4, 0.5) is 0 Å². The molecule has 1 heterocycles. The van der Waals surface area contributed by atoms with Gasteiger partial charge in [-0.3, -0.25) is 4.90 Å². The Hall–Kier alpha value is -0.800. The molecule has 0 aliphatic heterocycles. The van der Waals surface area contributed by atoms with Gasteiger partial charge in [0.05, 0.1) is 5.45 Å². The van der Waals surface area contributed by atoms with E-state index < -0.39 is 0 Å². The zero-order valence-electron chi connectivity index (χ0n) is 9.07. The van der Waals surface area contributed by atoms with Gasteiger partial charge in [0, 0.05) is 30.7 Å². The van der Waals surface area contributed by atoms with Gasteiger partial charge in [-0.2, -0.15) is 0 Å². The van der Waals surface area contributed by atoms with Gasteiger partial charge in [-0.1, -0.05) is 34.1 Å². The van der Waals surface area contributed by atoms with Crippen LogP contribution in [0.25, 0.3) is 10.9 Å². The highest BCUT2D eigenvalue weighted by molar-refractivity contribution is 9.09. The number of rotatable bonds is 3. The van der Waals surface area contributed by atoms with Crippen molar-refractivity contribution < 1.29 is 0 Å². The first-order chi connectivity index (χ1) is 7.22. The molecule has 0 atom stereocenters. The van der Waals surface area contributed by atoms with Crippen LogP contribution in [0.15, 0.2) is 30.5 Å². The Morgan fingerprint density at radius 2 is 2.07 bits per heavy atom. The van der Waals surface area contributed by atoms with Crippen LogP contribution < -0.4 is 0 Å². The molecule has 2 nitrogen and oxygen atoms in total. The maximum Gasteiger partial charge on any atom is 0.0542 e. The fourth-order valence-electron chi connectivity index (χ4n) is 1.88. The highest BCUT2D eigenvalue weighted by Crippen LogP contribution is 2.21. The standard InChI is InChI=1S/C12H15BrN2/c1-14(9-13)7-10-8-15(2)12-6-4-3-5-11(10)12/h3-6,8H,7,9H2,1-2H3. The quantitative estimate of drug-likeness (QED) is 0.613. The molecule has 2 rings (SSSR count). The Morgan fingerprint density at radius 3 is 2.80 bits per heavy atom. The molecule has 0 saturated carbocycles. The van der Waals surface area contributed by atoms with E-state index in [2.05, 4.69) is 70.0 Å². The number of hydrogen-bond donors (Lipinski definition) is 0. The number of alkyl halides is 1. The summed E-state index contributed by atoms with van der Waals surface area (Å²) in [5, 5.41) is 1.35. The minimum absolute atomic E-state index is 0.899. The van der Waals surface area contributed by atoms with Crippen molar-refractivity contribution in [2.75, 3.05) is 12.5 Å². The first-order valence-corrected chi connectivity index (χ1v) is 6.12. The normalized spacial score (nSPS) is 11.5. The molecule has 0 aliphatic rings. The van der Waals surface area contributed by atoms with Crippen LogP contribution >= 0.6 is 15.9 Å². The van der Waals surface area contributed by atoms with Gasteiger partial charge in [-0.15, -0.1) is 0 Å². The molecule has 0 amide bonds. The van der Waals surface area contributed by atoms with Crippen molar-refractivity contribution in [3.63, 3.8) is 0 Å². The van der Waals surface area contributed by atoms with Crippen molar-refractivity contribution in [2.24, 2.45) is 7.05 Å². The third-order valence-electron chi connectivity index (χ3n) is 2.62. The Bertz CT molecular complexity index is 462. The van der Waals surface area contributed by atoms with Gasteiger partial charge >= 0.3 is 0 Å². The maximum absolute atomic E-state index is 3.46. The number of benzene rings is 1. The Kier molecular flexibility index (Phi) is 3.12. The Morgan fingerprint density at radius 1 is 1.33 bits per heavy atom. The monoisotopic (exact) mass is 266 g/mol. The van der Waals surface area contributed by atoms with E-state index in [1.54, 1.807) is 0 Å². The number of halogens is 1. The number of aryl methyl sites for hydroxylation is 1. The second-order valence-electron chi connectivity index (χ2n) is 3.92. The van der Waals surface area contributed by atoms with Crippen LogP contribution in [-0.2, 0) is 13.6 Å². The largest absolute Gasteiger partial charge is 0.350 e. The van der Waals surface area contributed by atoms with E-state index >= 15 is 0 Å². The van der Waals surface area contributed by atoms with E-state index in [4.69, 9.17) is 0 Å². The number of para-hydroxylation sites is 1. The zero-order chi connectivity index (χ0) is 10.8. The third-order valence-corrected chi connectivity index (χ3v) is 3.48. The second-order valence-corrected chi connectivity index (χ2v) is 4.42. The van der Waals surface area contributed by atoms with Crippen molar-refractivity contribution in [1.82, 2.24) is 9.47 Å². The molecule has 1 aromatic heterocycles. The van der Waals surface area contributed by atoms with Crippen molar-refractivity contribution in [3.05, 3.63) is 36.0 Å². The SMILES string of the molecule is CN(CBr)Cc1cn(C)c2ccccc12. The second kappa shape index (κ2) is 4.37. The van der Waals surface area contributed by atoms with E-state index in [0.717, 1.165) is 12.0 Å². The lowest BCUT2D eigenvalue weighted by Crippen LogP contribution is -2.14. The summed E-state index contributed by atoms with van der Waals surface area (Å²) in [4.78, 5) is 2.24. The van der Waals surface area contributed by atoms with Gasteiger partial charge in [-0.05, 0) is 18.7 Å². The topological polar surface area (TPSA) is 8.17 Å². The summed E-state index contributed by atoms with van der Waals surface area (Å²) in [5.74, 6) is 0. The highest BCUT2D eigenvalue weighted by Gasteiger charge is 2.07. The number of nitrogens with zero attached hydrogens (tertiary/aromatic N) is 2. The van der Waals surface area contributed by atoms with Gasteiger partial charge in [0.25, 0.3) is 0 Å². The van der Waals surface area contributed by atoms with Gasteiger partial charge in [-0.25, -0.2) is 0 Å². The molecule has 80 valence electrons. The lowest BCUT2D eigenvalue weighted by molar-refractivity contribution is 0.391. The summed E-state index contributed by atoms with van der Waals surface area (Å²) < 4.78 is 2.19. The van der Waals surface area contributed by atoms with Crippen molar-refractivity contribution in [3.8, 4) is 0 Å². The number of hydrogen-bond acceptors (Lipinski definition) is 1. The van der Waals surface area contributed by atoms with Gasteiger partial charge in [0.1, 0.15) is 0 Å². The van der Waals surface area contributed by atoms with Crippen LogP contribution in [0.5, 0.6) is 0 Å². The average molecular weight is 267 g/mol. The third kappa shape index (κ3) is 2.08. The average Bonchev–Trinajstić information content (AvgIpc) is 2.57. The zero-order valence-corrected chi connectivity index (χ0v) is 10.7. The van der Waals surface area contributed by atoms with Gasteiger partial charge in [0.2, 0.25) is 0 Å². The predicted molar refractivity (Wildman–Crippen MR) is 68.2 cm³/mol. The van der Waals surface area contributed by atoms with E-state index in [1.165, 1.54) is 16.5 Å². The molecule has 0 radical (unpaired) electrons. The molecule has 0 bridgehead atoms. The van der Waals surface area contributed by atoms with Crippen LogP contribution in [0, 0.1) is 0 Å². The molecule has 2 aromatic rings. The summed E-state index contributed by atoms with van der Waals surface area (Å²) in [6.45, 7) is 0.979. The molecular weight excluding hydrogens is 252 g/mol. The molecule has 0 unspecified atom stereocenters. The van der Waals surface area contributed by atoms with E-state index in [9.17, 15) is 0 Å². The molecule has 0 N–H and O–H groups in total. The van der Waals surface area contributed by atoms with Crippen molar-refractivity contribution >= 4 is 26.8 Å². The minimum atomic E-state index is 0.899. The van der Waals surface area contributed by atoms with Crippen molar-refractivity contribution in [1.29, 1.82) is 0 Å². The van der Waals surface area contributed by atoms with Crippen LogP contribution in [0.3, 0.4) is 0 Å². The van der Waals surface area contributed by atoms with E-state index in [0.29, 0.717) is 0 Å². The van der Waals surface area contributed by atoms with E-state index in [-0.39, 0.29) is 0 Å². The lowest BCUT2D eigenvalue weighted by atomic mass is 10.2. The molecule has 3 heteroatoms. The van der Waals surface area contributed by atoms with Crippen molar-refractivity contribution in [2.45, 2.75) is 6.54 Å². The van der Waals surface area contributed by atoms with Gasteiger partial charge in [0.15, 0.2) is 0 Å². The van der Waals surface area contributed by atoms with E-state index in [1.807, 2.05) is 0 Å². The molecule has 0 aliphatic carbocycles. The maximum atomic E-state index is 3.46. The Labute approximate surface area is 98.6 Å². The molecule has 15 heavy (non-hydrogen) atoms. The van der Waals surface area contributed by atoms with Gasteiger partial charge < -0.3 is 4.57 Å². The number of aromatic nitrogens is 1. The van der Waals surface area contributed by atoms with Crippen LogP contribution in [0.1, 0.15) is 5.56 Å². The molecular formula is C12H15BrN2. The first-order valence-electron chi connectivity index (χ1n) is 5.00. The predicted octanol–water partition coefficient (Wildman–Crippen LogP) is 2.96. The minimum Gasteiger partial charge on any atom is -0.350 e. The summed E-state index contributed by atoms with van der Waals surface area (Å²) >= 11 is 3.46. The van der Waals surface area contributed by atoms with Crippen LogP contribution in [-0.4, -0.2) is 22.0 Å². The molecule has 0 spiro atoms. The summed E-state index contributed by atoms with van der Waals surface area (Å²) in [5.41, 5.74) is 3.58. The highest BCUT2D eigenvalue weighted by atomic mass is 79.9. The lowest BCUT2D eigenvalue weighted by Gasteiger charge is -2.11. The fourth-order valence-corrected chi connectivity index (χ4v) is 2.06. The summed E-state index contributed by atoms with van der Waals surface area (Å²) in [6, 6.07) is 8.53. The molecule has 0 saturated heterocycles. The molecule has 0 fully saturated rings. The van der Waals surface area contributed by atoms with Crippen LogP contribution in [0.2, 0.25) is 0 Å². The first kappa shape index (κ1) is 10.7. The smallest absolute Gasteiger partial charge is 0.0542 e. The Balaban J connectivity index is 2.43. The fraction of sp³-hybridized carbons (Fsp3) is 0.333. The summed E-state index contributed by atoms with van der Waals surface area (Å²) in [6.07, 6.45) is 2.21.